The van der Waals surface area contributed by atoms with Crippen molar-refractivity contribution in [2.45, 2.75) is 25.2 Å². The number of aryl methyl sites for hydroxylation is 1. The molecular formula is C23H25F6N5O3. The Morgan fingerprint density at radius 1 is 1.11 bits per heavy atom. The molecule has 1 aromatic carbocycles. The van der Waals surface area contributed by atoms with Gasteiger partial charge in [-0.1, -0.05) is 12.1 Å². The van der Waals surface area contributed by atoms with Crippen molar-refractivity contribution in [1.82, 2.24) is 20.2 Å². The Morgan fingerprint density at radius 2 is 1.78 bits per heavy atom. The van der Waals surface area contributed by atoms with E-state index in [1.54, 1.807) is 12.1 Å². The Bertz CT molecular complexity index is 1070. The van der Waals surface area contributed by atoms with Crippen LogP contribution >= 0.6 is 0 Å². The van der Waals surface area contributed by atoms with Crippen molar-refractivity contribution in [2.75, 3.05) is 45.9 Å². The number of nitriles is 1. The van der Waals surface area contributed by atoms with E-state index >= 15 is 0 Å². The molecular weight excluding hydrogens is 508 g/mol. The zero-order valence-corrected chi connectivity index (χ0v) is 19.6. The Balaban J connectivity index is 0.000000604. The largest absolute Gasteiger partial charge is 0.490 e. The number of halogens is 6. The topological polar surface area (TPSA) is 111 Å². The van der Waals surface area contributed by atoms with Crippen LogP contribution in [-0.2, 0) is 22.1 Å². The number of carboxylic acids is 1. The van der Waals surface area contributed by atoms with Gasteiger partial charge in [-0.25, -0.2) is 14.8 Å². The molecule has 1 fully saturated rings. The molecule has 0 aliphatic carbocycles. The van der Waals surface area contributed by atoms with Crippen LogP contribution in [0.3, 0.4) is 0 Å². The molecule has 1 aliphatic rings. The highest BCUT2D eigenvalue weighted by Crippen LogP contribution is 2.31. The minimum atomic E-state index is -5.08. The van der Waals surface area contributed by atoms with Gasteiger partial charge in [-0.3, -0.25) is 4.90 Å². The maximum Gasteiger partial charge on any atom is 0.490 e. The molecule has 0 bridgehead atoms. The van der Waals surface area contributed by atoms with Crippen LogP contribution in [0.2, 0.25) is 0 Å². The number of aromatic nitrogens is 2. The highest BCUT2D eigenvalue weighted by molar-refractivity contribution is 5.73. The summed E-state index contributed by atoms with van der Waals surface area (Å²) in [6.45, 7) is 6.11. The number of benzene rings is 1. The number of rotatable bonds is 8. The van der Waals surface area contributed by atoms with Gasteiger partial charge in [0.15, 0.2) is 0 Å². The summed E-state index contributed by atoms with van der Waals surface area (Å²) in [6.07, 6.45) is -8.11. The number of hydrogen-bond donors (Lipinski definition) is 2. The second-order valence-corrected chi connectivity index (χ2v) is 7.87. The molecule has 0 unspecified atom stereocenters. The van der Waals surface area contributed by atoms with Gasteiger partial charge in [0.05, 0.1) is 24.5 Å². The number of carboxylic acid groups (broad SMARTS) is 1. The molecule has 14 heteroatoms. The van der Waals surface area contributed by atoms with E-state index in [4.69, 9.17) is 14.6 Å². The van der Waals surface area contributed by atoms with E-state index < -0.39 is 23.9 Å². The molecule has 8 nitrogen and oxygen atoms in total. The first-order valence-corrected chi connectivity index (χ1v) is 11.2. The van der Waals surface area contributed by atoms with Crippen LogP contribution in [0, 0.1) is 11.3 Å². The number of ether oxygens (including phenoxy) is 1. The number of nitrogens with zero attached hydrogens (tertiary/aromatic N) is 4. The molecule has 0 saturated carbocycles. The van der Waals surface area contributed by atoms with Crippen LogP contribution in [0.1, 0.15) is 23.5 Å². The lowest BCUT2D eigenvalue weighted by molar-refractivity contribution is -0.192. The quantitative estimate of drug-likeness (QED) is 0.392. The summed E-state index contributed by atoms with van der Waals surface area (Å²) in [5, 5.41) is 19.7. The van der Waals surface area contributed by atoms with Gasteiger partial charge in [0.2, 0.25) is 5.82 Å². The fourth-order valence-electron chi connectivity index (χ4n) is 3.26. The highest BCUT2D eigenvalue weighted by Gasteiger charge is 2.38. The van der Waals surface area contributed by atoms with Crippen molar-refractivity contribution in [2.24, 2.45) is 0 Å². The molecule has 2 N–H and O–H groups in total. The van der Waals surface area contributed by atoms with Gasteiger partial charge >= 0.3 is 18.3 Å². The highest BCUT2D eigenvalue weighted by atomic mass is 19.4. The lowest BCUT2D eigenvalue weighted by atomic mass is 10.1. The van der Waals surface area contributed by atoms with Crippen LogP contribution in [-0.4, -0.2) is 78.1 Å². The van der Waals surface area contributed by atoms with Gasteiger partial charge in [0.25, 0.3) is 0 Å². The number of morpholine rings is 1. The molecule has 0 radical (unpaired) electrons. The summed E-state index contributed by atoms with van der Waals surface area (Å²) >= 11 is 0. The van der Waals surface area contributed by atoms with Gasteiger partial charge in [0, 0.05) is 37.4 Å². The minimum absolute atomic E-state index is 0.0415. The lowest BCUT2D eigenvalue weighted by Crippen LogP contribution is -2.40. The number of alkyl halides is 6. The maximum atomic E-state index is 13.0. The summed E-state index contributed by atoms with van der Waals surface area (Å²) in [6, 6.07) is 8.49. The fourth-order valence-corrected chi connectivity index (χ4v) is 3.26. The van der Waals surface area contributed by atoms with Crippen LogP contribution in [0.4, 0.5) is 26.3 Å². The molecule has 1 aliphatic heterocycles. The zero-order chi connectivity index (χ0) is 27.5. The van der Waals surface area contributed by atoms with Crippen LogP contribution in [0.15, 0.2) is 30.3 Å². The average Bonchev–Trinajstić information content (AvgIpc) is 2.86. The monoisotopic (exact) mass is 533 g/mol. The summed E-state index contributed by atoms with van der Waals surface area (Å²) in [5.74, 6) is -2.80. The van der Waals surface area contributed by atoms with Gasteiger partial charge in [-0.05, 0) is 37.6 Å². The fraction of sp³-hybridized carbons (Fsp3) is 0.478. The minimum Gasteiger partial charge on any atom is -0.475 e. The van der Waals surface area contributed by atoms with Crippen molar-refractivity contribution >= 4 is 5.97 Å². The van der Waals surface area contributed by atoms with Crippen molar-refractivity contribution in [1.29, 1.82) is 5.26 Å². The van der Waals surface area contributed by atoms with E-state index in [1.165, 1.54) is 6.07 Å². The van der Waals surface area contributed by atoms with Crippen molar-refractivity contribution in [3.05, 3.63) is 47.4 Å². The molecule has 2 heterocycles. The summed E-state index contributed by atoms with van der Waals surface area (Å²) < 4.78 is 76.0. The Hall–Kier alpha value is -3.28. The second kappa shape index (κ2) is 13.9. The average molecular weight is 533 g/mol. The van der Waals surface area contributed by atoms with E-state index in [-0.39, 0.29) is 5.82 Å². The van der Waals surface area contributed by atoms with Crippen LogP contribution in [0.5, 0.6) is 0 Å². The first-order chi connectivity index (χ1) is 17.4. The molecule has 2 aromatic rings. The molecule has 0 amide bonds. The van der Waals surface area contributed by atoms with Gasteiger partial charge in [-0.2, -0.15) is 31.6 Å². The Kier molecular flexibility index (Phi) is 11.2. The molecule has 0 spiro atoms. The standard InChI is InChI=1S/C21H24F3N5O.C2HF3O2/c22-21(23,24)17-4-1-3-16(13-17)19-14-18(27-20(15-25)28-19)5-2-6-26-7-8-29-9-11-30-12-10-29;3-2(4,5)1(6)7/h1,3-4,13-14,26H,2,5-12H2;(H,6,7). The van der Waals surface area contributed by atoms with E-state index in [9.17, 15) is 31.6 Å². The Labute approximate surface area is 208 Å². The third-order valence-electron chi connectivity index (χ3n) is 5.10. The first-order valence-electron chi connectivity index (χ1n) is 11.2. The number of hydrogen-bond acceptors (Lipinski definition) is 7. The van der Waals surface area contributed by atoms with E-state index in [0.717, 1.165) is 64.5 Å². The van der Waals surface area contributed by atoms with Gasteiger partial charge in [-0.15, -0.1) is 0 Å². The summed E-state index contributed by atoms with van der Waals surface area (Å²) in [7, 11) is 0. The SMILES string of the molecule is N#Cc1nc(CCCNCCN2CCOCC2)cc(-c2cccc(C(F)(F)F)c2)n1.O=C(O)C(F)(F)F. The van der Waals surface area contributed by atoms with E-state index in [2.05, 4.69) is 20.2 Å². The Morgan fingerprint density at radius 3 is 2.38 bits per heavy atom. The molecule has 3 rings (SSSR count). The zero-order valence-electron chi connectivity index (χ0n) is 19.6. The smallest absolute Gasteiger partial charge is 0.475 e. The van der Waals surface area contributed by atoms with Crippen LogP contribution < -0.4 is 5.32 Å². The van der Waals surface area contributed by atoms with Gasteiger partial charge < -0.3 is 15.2 Å². The maximum absolute atomic E-state index is 13.0. The molecule has 37 heavy (non-hydrogen) atoms. The van der Waals surface area contributed by atoms with Crippen molar-refractivity contribution in [3.8, 4) is 17.3 Å². The van der Waals surface area contributed by atoms with Crippen molar-refractivity contribution < 1.29 is 41.0 Å². The predicted molar refractivity (Wildman–Crippen MR) is 119 cm³/mol. The first kappa shape index (κ1) is 29.9. The number of aliphatic carboxylic acids is 1. The number of nitrogens with one attached hydrogen (secondary N) is 1. The van der Waals surface area contributed by atoms with Crippen LogP contribution in [0.25, 0.3) is 11.3 Å². The van der Waals surface area contributed by atoms with Crippen molar-refractivity contribution in [3.63, 3.8) is 0 Å². The third kappa shape index (κ3) is 10.7. The predicted octanol–water partition coefficient (Wildman–Crippen LogP) is 3.52. The molecule has 1 aromatic heterocycles. The third-order valence-corrected chi connectivity index (χ3v) is 5.10. The number of carbonyl (C=O) groups is 1. The lowest BCUT2D eigenvalue weighted by Gasteiger charge is -2.26. The summed E-state index contributed by atoms with van der Waals surface area (Å²) in [4.78, 5) is 19.5. The normalized spacial score (nSPS) is 14.4. The molecule has 1 saturated heterocycles. The van der Waals surface area contributed by atoms with E-state index in [1.807, 2.05) is 6.07 Å². The van der Waals surface area contributed by atoms with Gasteiger partial charge in [0.1, 0.15) is 6.07 Å². The molecule has 0 atom stereocenters. The van der Waals surface area contributed by atoms with E-state index in [0.29, 0.717) is 23.4 Å². The second-order valence-electron chi connectivity index (χ2n) is 7.87. The molecule has 202 valence electrons. The summed E-state index contributed by atoms with van der Waals surface area (Å²) in [5.41, 5.74) is 0.531.